The predicted octanol–water partition coefficient (Wildman–Crippen LogP) is 4.49. The van der Waals surface area contributed by atoms with Gasteiger partial charge in [-0.3, -0.25) is 4.79 Å². The van der Waals surface area contributed by atoms with Gasteiger partial charge in [0.2, 0.25) is 0 Å². The fraction of sp³-hybridized carbons (Fsp3) is 0.406. The highest BCUT2D eigenvalue weighted by Gasteiger charge is 2.50. The standard InChI is InChI=1S/C32H40N2O5P/c1-31(2)20-23(21-32(3,4)34(31)36)33-30(35)22-40(27-14-8-24(37-5)9-15-27,28-16-10-25(38-6)11-17-28)29-18-12-26(39-7)13-19-29/h8-19,23H,20-22H2,1-7H3/p+1. The molecule has 1 N–H and O–H groups in total. The molecule has 0 spiro atoms. The molecule has 213 valence electrons. The van der Waals surface area contributed by atoms with Crippen molar-refractivity contribution >= 4 is 29.1 Å². The number of nitrogens with one attached hydrogen (secondary N) is 1. The van der Waals surface area contributed by atoms with E-state index in [1.165, 1.54) is 5.06 Å². The van der Waals surface area contributed by atoms with E-state index in [0.717, 1.165) is 33.2 Å². The smallest absolute Gasteiger partial charge is 0.259 e. The molecule has 1 aliphatic heterocycles. The van der Waals surface area contributed by atoms with Gasteiger partial charge in [-0.05, 0) is 113 Å². The number of hydroxylamine groups is 2. The van der Waals surface area contributed by atoms with Crippen molar-refractivity contribution in [3.63, 3.8) is 0 Å². The summed E-state index contributed by atoms with van der Waals surface area (Å²) >= 11 is 0. The summed E-state index contributed by atoms with van der Waals surface area (Å²) in [4.78, 5) is 14.1. The van der Waals surface area contributed by atoms with E-state index >= 15 is 0 Å². The number of carbonyl (C=O) groups excluding carboxylic acids is 1. The first kappa shape index (κ1) is 29.9. The first-order chi connectivity index (χ1) is 18.9. The minimum atomic E-state index is -2.50. The summed E-state index contributed by atoms with van der Waals surface area (Å²) in [6.45, 7) is 7.79. The normalized spacial score (nSPS) is 17.2. The molecule has 1 amide bonds. The van der Waals surface area contributed by atoms with E-state index in [9.17, 15) is 10.0 Å². The average molecular weight is 565 g/mol. The largest absolute Gasteiger partial charge is 0.497 e. The van der Waals surface area contributed by atoms with Crippen molar-refractivity contribution in [1.82, 2.24) is 10.4 Å². The van der Waals surface area contributed by atoms with E-state index in [1.807, 2.05) is 64.1 Å². The van der Waals surface area contributed by atoms with Gasteiger partial charge in [-0.2, -0.15) is 0 Å². The Bertz CT molecular complexity index is 1160. The molecule has 8 heteroatoms. The second kappa shape index (κ2) is 11.8. The summed E-state index contributed by atoms with van der Waals surface area (Å²) in [5.41, 5.74) is -1.15. The Morgan fingerprint density at radius 2 is 1.05 bits per heavy atom. The zero-order valence-electron chi connectivity index (χ0n) is 24.6. The highest BCUT2D eigenvalue weighted by Crippen LogP contribution is 2.55. The van der Waals surface area contributed by atoms with Gasteiger partial charge >= 0.3 is 0 Å². The van der Waals surface area contributed by atoms with Gasteiger partial charge < -0.3 is 19.5 Å². The third kappa shape index (κ3) is 5.97. The van der Waals surface area contributed by atoms with Gasteiger partial charge in [0, 0.05) is 17.1 Å². The van der Waals surface area contributed by atoms with Crippen molar-refractivity contribution in [2.45, 2.75) is 57.7 Å². The Hall–Kier alpha value is -3.12. The number of carbonyl (C=O) groups is 1. The molecule has 3 aromatic carbocycles. The van der Waals surface area contributed by atoms with E-state index < -0.39 is 18.3 Å². The molecule has 1 saturated heterocycles. The maximum absolute atomic E-state index is 14.1. The number of piperidine rings is 1. The zero-order valence-corrected chi connectivity index (χ0v) is 25.5. The molecule has 3 aromatic rings. The van der Waals surface area contributed by atoms with Crippen molar-refractivity contribution in [2.24, 2.45) is 0 Å². The fourth-order valence-corrected chi connectivity index (χ4v) is 10.0. The van der Waals surface area contributed by atoms with Gasteiger partial charge in [0.25, 0.3) is 5.91 Å². The number of ether oxygens (including phenoxy) is 3. The van der Waals surface area contributed by atoms with Crippen LogP contribution in [0.1, 0.15) is 40.5 Å². The lowest BCUT2D eigenvalue weighted by atomic mass is 9.79. The highest BCUT2D eigenvalue weighted by molar-refractivity contribution is 7.96. The maximum atomic E-state index is 14.1. The van der Waals surface area contributed by atoms with E-state index in [-0.39, 0.29) is 18.1 Å². The molecule has 1 fully saturated rings. The molecule has 0 unspecified atom stereocenters. The van der Waals surface area contributed by atoms with Gasteiger partial charge in [-0.25, -0.2) is 0 Å². The molecule has 0 bridgehead atoms. The number of amides is 1. The lowest BCUT2D eigenvalue weighted by Crippen LogP contribution is -2.62. The number of nitrogens with zero attached hydrogens (tertiary/aromatic N) is 1. The summed E-state index contributed by atoms with van der Waals surface area (Å²) in [7, 11) is 2.44. The topological polar surface area (TPSA) is 79.9 Å². The Kier molecular flexibility index (Phi) is 8.79. The molecular formula is C32H41N2O5P+. The summed E-state index contributed by atoms with van der Waals surface area (Å²) in [5, 5.41) is 20.6. The van der Waals surface area contributed by atoms with Gasteiger partial charge in [0.15, 0.2) is 6.16 Å². The first-order valence-electron chi connectivity index (χ1n) is 13.5. The van der Waals surface area contributed by atoms with Crippen LogP contribution in [0.2, 0.25) is 0 Å². The highest BCUT2D eigenvalue weighted by atomic mass is 31.2. The third-order valence-electron chi connectivity index (χ3n) is 7.88. The van der Waals surface area contributed by atoms with Gasteiger partial charge in [-0.15, -0.1) is 10.3 Å². The summed E-state index contributed by atoms with van der Waals surface area (Å²) in [6, 6.07) is 24.0. The Morgan fingerprint density at radius 3 is 1.35 bits per heavy atom. The van der Waals surface area contributed by atoms with Gasteiger partial charge in [0.05, 0.1) is 21.3 Å². The lowest BCUT2D eigenvalue weighted by Gasteiger charge is -2.50. The second-order valence-corrected chi connectivity index (χ2v) is 15.1. The fourth-order valence-electron chi connectivity index (χ4n) is 6.09. The average Bonchev–Trinajstić information content (AvgIpc) is 2.94. The van der Waals surface area contributed by atoms with E-state index in [2.05, 4.69) is 41.7 Å². The summed E-state index contributed by atoms with van der Waals surface area (Å²) in [6.07, 6.45) is 1.45. The molecule has 0 atom stereocenters. The first-order valence-corrected chi connectivity index (χ1v) is 15.5. The van der Waals surface area contributed by atoms with Gasteiger partial charge in [0.1, 0.15) is 40.4 Å². The Morgan fingerprint density at radius 1 is 0.725 bits per heavy atom. The maximum Gasteiger partial charge on any atom is 0.259 e. The molecule has 7 nitrogen and oxygen atoms in total. The monoisotopic (exact) mass is 564 g/mol. The number of methoxy groups -OCH3 is 3. The van der Waals surface area contributed by atoms with Crippen LogP contribution in [0.15, 0.2) is 72.8 Å². The van der Waals surface area contributed by atoms with Crippen LogP contribution < -0.4 is 35.4 Å². The molecular weight excluding hydrogens is 523 g/mol. The number of benzene rings is 3. The third-order valence-corrected chi connectivity index (χ3v) is 12.2. The van der Waals surface area contributed by atoms with Crippen LogP contribution in [0.4, 0.5) is 0 Å². The van der Waals surface area contributed by atoms with Gasteiger partial charge in [-0.1, -0.05) is 0 Å². The van der Waals surface area contributed by atoms with Crippen molar-refractivity contribution in [3.05, 3.63) is 72.8 Å². The molecule has 1 heterocycles. The molecule has 0 aromatic heterocycles. The SMILES string of the molecule is COc1ccc([P+](CC(=O)NC2CC(C)(C)N([O])C(C)(C)C2)(c2ccc(OC)cc2)c2ccc(OC)cc2)cc1. The van der Waals surface area contributed by atoms with E-state index in [4.69, 9.17) is 14.2 Å². The second-order valence-electron chi connectivity index (χ2n) is 11.7. The van der Waals surface area contributed by atoms with E-state index in [0.29, 0.717) is 12.8 Å². The van der Waals surface area contributed by atoms with Crippen molar-refractivity contribution in [1.29, 1.82) is 0 Å². The minimum Gasteiger partial charge on any atom is -0.497 e. The molecule has 0 aliphatic carbocycles. The zero-order chi connectivity index (χ0) is 29.1. The quantitative estimate of drug-likeness (QED) is 0.388. The van der Waals surface area contributed by atoms with Crippen molar-refractivity contribution in [2.75, 3.05) is 27.5 Å². The Labute approximate surface area is 238 Å². The van der Waals surface area contributed by atoms with Crippen molar-refractivity contribution < 1.29 is 24.2 Å². The molecule has 40 heavy (non-hydrogen) atoms. The van der Waals surface area contributed by atoms with Crippen LogP contribution >= 0.6 is 7.26 Å². The van der Waals surface area contributed by atoms with Crippen molar-refractivity contribution in [3.8, 4) is 17.2 Å². The summed E-state index contributed by atoms with van der Waals surface area (Å²) < 4.78 is 16.4. The Balaban J connectivity index is 1.81. The predicted molar refractivity (Wildman–Crippen MR) is 162 cm³/mol. The van der Waals surface area contributed by atoms with E-state index in [1.54, 1.807) is 21.3 Å². The summed E-state index contributed by atoms with van der Waals surface area (Å²) in [5.74, 6) is 2.23. The number of rotatable bonds is 9. The van der Waals surface area contributed by atoms with Crippen LogP contribution in [0.3, 0.4) is 0 Å². The molecule has 4 rings (SSSR count). The number of hydrogen-bond donors (Lipinski definition) is 1. The molecule has 1 aliphatic rings. The minimum absolute atomic E-state index is 0.0354. The lowest BCUT2D eigenvalue weighted by molar-refractivity contribution is -0.290. The van der Waals surface area contributed by atoms with Crippen LogP contribution in [0.25, 0.3) is 0 Å². The number of hydrogen-bond acceptors (Lipinski definition) is 5. The van der Waals surface area contributed by atoms with Crippen LogP contribution in [0.5, 0.6) is 17.2 Å². The van der Waals surface area contributed by atoms with Crippen LogP contribution in [-0.4, -0.2) is 55.6 Å². The van der Waals surface area contributed by atoms with Crippen LogP contribution in [-0.2, 0) is 10.0 Å². The molecule has 0 saturated carbocycles. The van der Waals surface area contributed by atoms with Crippen LogP contribution in [0, 0.1) is 0 Å². The molecule has 1 radical (unpaired) electrons.